The number of carbonyl (C=O) groups excluding carboxylic acids is 2. The van der Waals surface area contributed by atoms with Crippen LogP contribution in [-0.4, -0.2) is 32.9 Å². The summed E-state index contributed by atoms with van der Waals surface area (Å²) in [6.07, 6.45) is 0. The van der Waals surface area contributed by atoms with Crippen LogP contribution in [-0.2, 0) is 0 Å². The molecule has 0 aliphatic heterocycles. The fourth-order valence-electron chi connectivity index (χ4n) is 3.47. The lowest BCUT2D eigenvalue weighted by atomic mass is 9.83. The summed E-state index contributed by atoms with van der Waals surface area (Å²) in [4.78, 5) is 37.2. The van der Waals surface area contributed by atoms with E-state index in [4.69, 9.17) is 0 Å². The van der Waals surface area contributed by atoms with Crippen LogP contribution in [0.2, 0.25) is 0 Å². The van der Waals surface area contributed by atoms with Crippen molar-refractivity contribution in [1.82, 2.24) is 0 Å². The Morgan fingerprint density at radius 1 is 0.862 bits per heavy atom. The molecule has 0 saturated heterocycles. The standard InChI is InChI=1S/C22H15NO6/c1-10-3-2-4-13(22(28)29)19(10)23-11-5-6-12-14(9-11)21(27)18-16(25)8-7-15(24)17(18)20(12)26/h2-9,23-25H,1H3,(H,28,29). The van der Waals surface area contributed by atoms with E-state index < -0.39 is 23.3 Å². The fraction of sp³-hybridized carbons (Fsp3) is 0.0455. The number of carbonyl (C=O) groups is 3. The van der Waals surface area contributed by atoms with Gasteiger partial charge in [-0.1, -0.05) is 12.1 Å². The molecule has 3 aromatic rings. The van der Waals surface area contributed by atoms with Gasteiger partial charge in [-0.15, -0.1) is 0 Å². The first-order valence-electron chi connectivity index (χ1n) is 8.68. The number of aromatic hydroxyl groups is 2. The number of anilines is 2. The molecule has 1 aliphatic carbocycles. The Morgan fingerprint density at radius 2 is 1.48 bits per heavy atom. The molecule has 0 atom stereocenters. The zero-order chi connectivity index (χ0) is 20.9. The average Bonchev–Trinajstić information content (AvgIpc) is 2.69. The molecule has 7 heteroatoms. The van der Waals surface area contributed by atoms with Crippen molar-refractivity contribution in [2.24, 2.45) is 0 Å². The van der Waals surface area contributed by atoms with Gasteiger partial charge in [0.25, 0.3) is 0 Å². The summed E-state index contributed by atoms with van der Waals surface area (Å²) in [5.74, 6) is -3.05. The SMILES string of the molecule is Cc1cccc(C(=O)O)c1Nc1ccc2c(c1)C(=O)c1c(O)ccc(O)c1C2=O. The quantitative estimate of drug-likeness (QED) is 0.395. The molecule has 4 N–H and O–H groups in total. The number of aryl methyl sites for hydroxylation is 1. The maximum absolute atomic E-state index is 12.9. The van der Waals surface area contributed by atoms with E-state index in [1.54, 1.807) is 25.1 Å². The van der Waals surface area contributed by atoms with E-state index in [2.05, 4.69) is 5.32 Å². The third kappa shape index (κ3) is 2.80. The Morgan fingerprint density at radius 3 is 2.10 bits per heavy atom. The molecule has 0 radical (unpaired) electrons. The maximum atomic E-state index is 12.9. The van der Waals surface area contributed by atoms with Gasteiger partial charge < -0.3 is 20.6 Å². The van der Waals surface area contributed by atoms with Crippen LogP contribution in [0, 0.1) is 6.92 Å². The first-order chi connectivity index (χ1) is 13.8. The Bertz CT molecular complexity index is 1230. The van der Waals surface area contributed by atoms with E-state index >= 15 is 0 Å². The molecular formula is C22H15NO6. The minimum Gasteiger partial charge on any atom is -0.507 e. The van der Waals surface area contributed by atoms with Crippen LogP contribution in [0.15, 0.2) is 48.5 Å². The number of phenols is 2. The molecule has 0 fully saturated rings. The summed E-state index contributed by atoms with van der Waals surface area (Å²) in [6.45, 7) is 1.75. The second kappa shape index (κ2) is 6.49. The summed E-state index contributed by atoms with van der Waals surface area (Å²) in [5, 5.41) is 32.5. The van der Waals surface area contributed by atoms with Crippen molar-refractivity contribution in [1.29, 1.82) is 0 Å². The second-order valence-corrected chi connectivity index (χ2v) is 6.70. The van der Waals surface area contributed by atoms with Crippen molar-refractivity contribution < 1.29 is 29.7 Å². The minimum atomic E-state index is -1.10. The Balaban J connectivity index is 1.82. The molecule has 4 rings (SSSR count). The summed E-state index contributed by atoms with van der Waals surface area (Å²) in [5.41, 5.74) is 1.21. The molecule has 0 spiro atoms. The van der Waals surface area contributed by atoms with Crippen LogP contribution < -0.4 is 5.32 Å². The monoisotopic (exact) mass is 389 g/mol. The molecule has 29 heavy (non-hydrogen) atoms. The minimum absolute atomic E-state index is 0.0545. The first kappa shape index (κ1) is 18.2. The van der Waals surface area contributed by atoms with Crippen LogP contribution in [0.1, 0.15) is 47.8 Å². The van der Waals surface area contributed by atoms with Gasteiger partial charge in [0.1, 0.15) is 11.5 Å². The highest BCUT2D eigenvalue weighted by Crippen LogP contribution is 2.38. The number of phenolic OH excluding ortho intramolecular Hbond substituents is 2. The lowest BCUT2D eigenvalue weighted by Crippen LogP contribution is -2.21. The number of fused-ring (bicyclic) bond motifs is 2. The van der Waals surface area contributed by atoms with E-state index in [1.807, 2.05) is 0 Å². The predicted molar refractivity (Wildman–Crippen MR) is 104 cm³/mol. The third-order valence-electron chi connectivity index (χ3n) is 4.90. The van der Waals surface area contributed by atoms with Crippen molar-refractivity contribution in [3.8, 4) is 11.5 Å². The number of benzene rings is 3. The van der Waals surface area contributed by atoms with Gasteiger partial charge in [0.15, 0.2) is 11.6 Å². The molecule has 0 amide bonds. The highest BCUT2D eigenvalue weighted by molar-refractivity contribution is 6.30. The number of aromatic carboxylic acids is 1. The number of hydrogen-bond donors (Lipinski definition) is 4. The van der Waals surface area contributed by atoms with Crippen molar-refractivity contribution in [2.75, 3.05) is 5.32 Å². The second-order valence-electron chi connectivity index (χ2n) is 6.70. The predicted octanol–water partition coefficient (Wildman–Crippen LogP) is 3.62. The van der Waals surface area contributed by atoms with Crippen molar-refractivity contribution in [2.45, 2.75) is 6.92 Å². The van der Waals surface area contributed by atoms with E-state index in [-0.39, 0.29) is 33.6 Å². The molecule has 3 aromatic carbocycles. The van der Waals surface area contributed by atoms with Crippen LogP contribution in [0.4, 0.5) is 11.4 Å². The summed E-state index contributed by atoms with van der Waals surface area (Å²) in [7, 11) is 0. The maximum Gasteiger partial charge on any atom is 0.337 e. The van der Waals surface area contributed by atoms with Gasteiger partial charge in [-0.25, -0.2) is 4.79 Å². The molecular weight excluding hydrogens is 374 g/mol. The summed E-state index contributed by atoms with van der Waals surface area (Å²) in [6, 6.07) is 11.6. The largest absolute Gasteiger partial charge is 0.507 e. The van der Waals surface area contributed by atoms with Gasteiger partial charge in [-0.3, -0.25) is 9.59 Å². The topological polar surface area (TPSA) is 124 Å². The molecule has 0 heterocycles. The van der Waals surface area contributed by atoms with Gasteiger partial charge in [0.05, 0.1) is 22.4 Å². The number of hydrogen-bond acceptors (Lipinski definition) is 6. The normalized spacial score (nSPS) is 12.3. The molecule has 0 saturated carbocycles. The van der Waals surface area contributed by atoms with Gasteiger partial charge in [-0.2, -0.15) is 0 Å². The smallest absolute Gasteiger partial charge is 0.337 e. The molecule has 144 valence electrons. The number of carboxylic acid groups (broad SMARTS) is 1. The van der Waals surface area contributed by atoms with Crippen LogP contribution in [0.3, 0.4) is 0 Å². The van der Waals surface area contributed by atoms with Gasteiger partial charge in [-0.05, 0) is 48.9 Å². The average molecular weight is 389 g/mol. The zero-order valence-corrected chi connectivity index (χ0v) is 15.2. The molecule has 7 nitrogen and oxygen atoms in total. The molecule has 0 aromatic heterocycles. The highest BCUT2D eigenvalue weighted by Gasteiger charge is 2.34. The molecule has 0 unspecified atom stereocenters. The van der Waals surface area contributed by atoms with Crippen LogP contribution in [0.5, 0.6) is 11.5 Å². The van der Waals surface area contributed by atoms with E-state index in [0.717, 1.165) is 12.1 Å². The van der Waals surface area contributed by atoms with Crippen LogP contribution >= 0.6 is 0 Å². The summed E-state index contributed by atoms with van der Waals surface area (Å²) < 4.78 is 0. The Kier molecular flexibility index (Phi) is 4.08. The lowest BCUT2D eigenvalue weighted by Gasteiger charge is -2.20. The lowest BCUT2D eigenvalue weighted by molar-refractivity contribution is 0.0697. The number of nitrogens with one attached hydrogen (secondary N) is 1. The van der Waals surface area contributed by atoms with Crippen molar-refractivity contribution in [3.63, 3.8) is 0 Å². The van der Waals surface area contributed by atoms with Crippen LogP contribution in [0.25, 0.3) is 0 Å². The summed E-state index contributed by atoms with van der Waals surface area (Å²) >= 11 is 0. The highest BCUT2D eigenvalue weighted by atomic mass is 16.4. The third-order valence-corrected chi connectivity index (χ3v) is 4.90. The zero-order valence-electron chi connectivity index (χ0n) is 15.2. The number of ketones is 2. The Labute approximate surface area is 164 Å². The van der Waals surface area contributed by atoms with Crippen molar-refractivity contribution >= 4 is 28.9 Å². The van der Waals surface area contributed by atoms with E-state index in [0.29, 0.717) is 16.9 Å². The fourth-order valence-corrected chi connectivity index (χ4v) is 3.47. The number of carboxylic acids is 1. The van der Waals surface area contributed by atoms with Crippen molar-refractivity contribution in [3.05, 3.63) is 81.9 Å². The van der Waals surface area contributed by atoms with Gasteiger partial charge in [0, 0.05) is 16.8 Å². The van der Waals surface area contributed by atoms with Gasteiger partial charge >= 0.3 is 5.97 Å². The molecule has 1 aliphatic rings. The Hall–Kier alpha value is -4.13. The van der Waals surface area contributed by atoms with E-state index in [1.165, 1.54) is 18.2 Å². The van der Waals surface area contributed by atoms with E-state index in [9.17, 15) is 29.7 Å². The first-order valence-corrected chi connectivity index (χ1v) is 8.68. The molecule has 0 bridgehead atoms. The number of rotatable bonds is 3. The number of para-hydroxylation sites is 1. The van der Waals surface area contributed by atoms with Gasteiger partial charge in [0.2, 0.25) is 0 Å².